The van der Waals surface area contributed by atoms with Crippen molar-refractivity contribution in [1.82, 2.24) is 9.97 Å². The van der Waals surface area contributed by atoms with Gasteiger partial charge in [0.2, 0.25) is 0 Å². The summed E-state index contributed by atoms with van der Waals surface area (Å²) in [7, 11) is 0. The van der Waals surface area contributed by atoms with Crippen molar-refractivity contribution in [2.24, 2.45) is 5.84 Å². The van der Waals surface area contributed by atoms with Gasteiger partial charge in [0.1, 0.15) is 17.5 Å². The first-order valence-electron chi connectivity index (χ1n) is 6.78. The Morgan fingerprint density at radius 3 is 2.78 bits per heavy atom. The van der Waals surface area contributed by atoms with Gasteiger partial charge < -0.3 is 10.3 Å². The quantitative estimate of drug-likeness (QED) is 0.633. The van der Waals surface area contributed by atoms with Gasteiger partial charge in [-0.1, -0.05) is 6.92 Å². The fourth-order valence-electron chi connectivity index (χ4n) is 2.54. The van der Waals surface area contributed by atoms with Crippen molar-refractivity contribution in [3.63, 3.8) is 0 Å². The number of nitrogens with zero attached hydrogens (tertiary/aromatic N) is 3. The zero-order valence-electron chi connectivity index (χ0n) is 11.5. The van der Waals surface area contributed by atoms with Gasteiger partial charge in [0.05, 0.1) is 0 Å². The van der Waals surface area contributed by atoms with Gasteiger partial charge in [-0.15, -0.1) is 0 Å². The van der Waals surface area contributed by atoms with Gasteiger partial charge in [-0.2, -0.15) is 0 Å². The summed E-state index contributed by atoms with van der Waals surface area (Å²) < 4.78 is 0. The van der Waals surface area contributed by atoms with Crippen LogP contribution in [0.2, 0.25) is 0 Å². The third-order valence-corrected chi connectivity index (χ3v) is 3.69. The summed E-state index contributed by atoms with van der Waals surface area (Å²) in [5.74, 6) is 8.19. The van der Waals surface area contributed by atoms with Crippen LogP contribution >= 0.6 is 0 Å². The van der Waals surface area contributed by atoms with Crippen LogP contribution in [0.5, 0.6) is 0 Å². The van der Waals surface area contributed by atoms with E-state index in [0.29, 0.717) is 6.04 Å². The molecule has 2 rings (SSSR count). The molecule has 0 saturated carbocycles. The number of anilines is 2. The Kier molecular flexibility index (Phi) is 4.01. The van der Waals surface area contributed by atoms with Crippen molar-refractivity contribution >= 4 is 11.6 Å². The predicted octanol–water partition coefficient (Wildman–Crippen LogP) is 2.01. The Bertz CT molecular complexity index is 418. The third kappa shape index (κ3) is 2.41. The van der Waals surface area contributed by atoms with Crippen molar-refractivity contribution in [2.75, 3.05) is 16.9 Å². The van der Waals surface area contributed by atoms with E-state index in [0.717, 1.165) is 36.0 Å². The lowest BCUT2D eigenvalue weighted by Crippen LogP contribution is -2.39. The first-order valence-corrected chi connectivity index (χ1v) is 6.78. The molecule has 1 atom stereocenters. The second-order valence-electron chi connectivity index (χ2n) is 4.97. The van der Waals surface area contributed by atoms with Crippen LogP contribution in [0.4, 0.5) is 11.6 Å². The summed E-state index contributed by atoms with van der Waals surface area (Å²) in [5, 5.41) is 0. The van der Waals surface area contributed by atoms with Crippen molar-refractivity contribution in [3.05, 3.63) is 11.4 Å². The number of aryl methyl sites for hydroxylation is 1. The Morgan fingerprint density at radius 1 is 1.39 bits per heavy atom. The molecule has 0 bridgehead atoms. The molecule has 5 nitrogen and oxygen atoms in total. The number of rotatable bonds is 3. The Balaban J connectivity index is 2.41. The van der Waals surface area contributed by atoms with Crippen LogP contribution in [0, 0.1) is 6.92 Å². The average molecular weight is 249 g/mol. The normalized spacial score (nSPS) is 20.0. The SMILES string of the molecule is CCc1nc(NN)c(C)c(N2CCCCC2C)n1. The molecule has 5 heteroatoms. The molecule has 1 aliphatic heterocycles. The van der Waals surface area contributed by atoms with Gasteiger partial charge in [0.15, 0.2) is 0 Å². The largest absolute Gasteiger partial charge is 0.354 e. The van der Waals surface area contributed by atoms with Crippen molar-refractivity contribution in [3.8, 4) is 0 Å². The summed E-state index contributed by atoms with van der Waals surface area (Å²) in [4.78, 5) is 11.5. The van der Waals surface area contributed by atoms with Crippen LogP contribution in [0.3, 0.4) is 0 Å². The molecule has 18 heavy (non-hydrogen) atoms. The van der Waals surface area contributed by atoms with Crippen LogP contribution in [-0.4, -0.2) is 22.6 Å². The highest BCUT2D eigenvalue weighted by atomic mass is 15.3. The number of aromatic nitrogens is 2. The molecule has 1 saturated heterocycles. The molecule has 3 N–H and O–H groups in total. The van der Waals surface area contributed by atoms with E-state index in [-0.39, 0.29) is 0 Å². The zero-order chi connectivity index (χ0) is 13.1. The molecule has 2 heterocycles. The monoisotopic (exact) mass is 249 g/mol. The standard InChI is InChI=1S/C13H23N5/c1-4-11-15-12(17-14)10(3)13(16-11)18-8-6-5-7-9(18)2/h9H,4-8,14H2,1-3H3,(H,15,16,17). The number of nitrogen functional groups attached to an aromatic ring is 1. The molecule has 1 aromatic rings. The fourth-order valence-corrected chi connectivity index (χ4v) is 2.54. The first-order chi connectivity index (χ1) is 8.67. The van der Waals surface area contributed by atoms with Crippen LogP contribution in [0.15, 0.2) is 0 Å². The second kappa shape index (κ2) is 5.52. The average Bonchev–Trinajstić information content (AvgIpc) is 2.40. The third-order valence-electron chi connectivity index (χ3n) is 3.69. The summed E-state index contributed by atoms with van der Waals surface area (Å²) in [6.45, 7) is 7.44. The molecule has 0 aliphatic carbocycles. The number of hydrogen-bond donors (Lipinski definition) is 2. The molecule has 0 aromatic carbocycles. The van der Waals surface area contributed by atoms with Crippen LogP contribution in [0.1, 0.15) is 44.5 Å². The Morgan fingerprint density at radius 2 is 2.17 bits per heavy atom. The van der Waals surface area contributed by atoms with Gasteiger partial charge in [0, 0.05) is 24.6 Å². The topological polar surface area (TPSA) is 67.1 Å². The zero-order valence-corrected chi connectivity index (χ0v) is 11.5. The van der Waals surface area contributed by atoms with Gasteiger partial charge >= 0.3 is 0 Å². The molecule has 1 aliphatic rings. The summed E-state index contributed by atoms with van der Waals surface area (Å²) >= 11 is 0. The number of hydrazine groups is 1. The van der Waals surface area contributed by atoms with E-state index < -0.39 is 0 Å². The van der Waals surface area contributed by atoms with E-state index in [9.17, 15) is 0 Å². The van der Waals surface area contributed by atoms with Crippen LogP contribution in [0.25, 0.3) is 0 Å². The van der Waals surface area contributed by atoms with E-state index in [1.54, 1.807) is 0 Å². The van der Waals surface area contributed by atoms with Gasteiger partial charge in [-0.25, -0.2) is 15.8 Å². The van der Waals surface area contributed by atoms with E-state index in [4.69, 9.17) is 10.8 Å². The lowest BCUT2D eigenvalue weighted by Gasteiger charge is -2.35. The molecular formula is C13H23N5. The van der Waals surface area contributed by atoms with Crippen molar-refractivity contribution in [1.29, 1.82) is 0 Å². The molecule has 1 aromatic heterocycles. The number of nitrogens with two attached hydrogens (primary N) is 1. The summed E-state index contributed by atoms with van der Waals surface area (Å²) in [6.07, 6.45) is 4.60. The van der Waals surface area contributed by atoms with E-state index >= 15 is 0 Å². The molecule has 0 radical (unpaired) electrons. The molecule has 100 valence electrons. The minimum Gasteiger partial charge on any atom is -0.354 e. The maximum absolute atomic E-state index is 5.55. The number of piperidine rings is 1. The van der Waals surface area contributed by atoms with E-state index in [1.807, 2.05) is 6.92 Å². The maximum Gasteiger partial charge on any atom is 0.148 e. The molecule has 1 unspecified atom stereocenters. The van der Waals surface area contributed by atoms with Gasteiger partial charge in [-0.05, 0) is 33.1 Å². The van der Waals surface area contributed by atoms with Gasteiger partial charge in [-0.3, -0.25) is 0 Å². The van der Waals surface area contributed by atoms with Crippen LogP contribution in [-0.2, 0) is 6.42 Å². The lowest BCUT2D eigenvalue weighted by atomic mass is 10.0. The van der Waals surface area contributed by atoms with E-state index in [1.165, 1.54) is 19.3 Å². The van der Waals surface area contributed by atoms with E-state index in [2.05, 4.69) is 29.2 Å². The summed E-state index contributed by atoms with van der Waals surface area (Å²) in [6, 6.07) is 0.544. The highest BCUT2D eigenvalue weighted by molar-refractivity contribution is 5.58. The maximum atomic E-state index is 5.55. The van der Waals surface area contributed by atoms with Gasteiger partial charge in [0.25, 0.3) is 0 Å². The second-order valence-corrected chi connectivity index (χ2v) is 4.97. The Labute approximate surface area is 109 Å². The Hall–Kier alpha value is -1.36. The highest BCUT2D eigenvalue weighted by Gasteiger charge is 2.23. The van der Waals surface area contributed by atoms with Crippen LogP contribution < -0.4 is 16.2 Å². The molecule has 1 fully saturated rings. The number of hydrogen-bond acceptors (Lipinski definition) is 5. The minimum absolute atomic E-state index is 0.544. The smallest absolute Gasteiger partial charge is 0.148 e. The lowest BCUT2D eigenvalue weighted by molar-refractivity contribution is 0.479. The first kappa shape index (κ1) is 13.1. The molecule has 0 amide bonds. The number of nitrogens with one attached hydrogen (secondary N) is 1. The highest BCUT2D eigenvalue weighted by Crippen LogP contribution is 2.28. The molecular weight excluding hydrogens is 226 g/mol. The van der Waals surface area contributed by atoms with Crippen molar-refractivity contribution < 1.29 is 0 Å². The fraction of sp³-hybridized carbons (Fsp3) is 0.692. The predicted molar refractivity (Wildman–Crippen MR) is 74.6 cm³/mol. The van der Waals surface area contributed by atoms with Crippen molar-refractivity contribution in [2.45, 2.75) is 52.5 Å². The summed E-state index contributed by atoms with van der Waals surface area (Å²) in [5.41, 5.74) is 3.73. The minimum atomic E-state index is 0.544. The molecule has 0 spiro atoms.